The normalized spacial score (nSPS) is 15.9. The number of benzene rings is 1. The van der Waals surface area contributed by atoms with E-state index < -0.39 is 5.97 Å². The second-order valence-corrected chi connectivity index (χ2v) is 5.48. The Kier molecular flexibility index (Phi) is 4.96. The van der Waals surface area contributed by atoms with E-state index in [-0.39, 0.29) is 6.10 Å². The fourth-order valence-electron chi connectivity index (χ4n) is 2.03. The van der Waals surface area contributed by atoms with Crippen molar-refractivity contribution in [2.24, 2.45) is 0 Å². The minimum Gasteiger partial charge on any atom is -0.493 e. The highest BCUT2D eigenvalue weighted by molar-refractivity contribution is 7.99. The Morgan fingerprint density at radius 2 is 2.00 bits per heavy atom. The third kappa shape index (κ3) is 3.35. The van der Waals surface area contributed by atoms with Crippen LogP contribution in [0, 0.1) is 0 Å². The quantitative estimate of drug-likeness (QED) is 0.795. The molecule has 104 valence electrons. The number of ether oxygens (including phenoxy) is 3. The van der Waals surface area contributed by atoms with E-state index in [4.69, 9.17) is 14.2 Å². The number of carbonyl (C=O) groups is 1. The number of thioether (sulfide) groups is 1. The summed E-state index contributed by atoms with van der Waals surface area (Å²) in [6.45, 7) is 0. The van der Waals surface area contributed by atoms with Crippen LogP contribution >= 0.6 is 11.8 Å². The minimum absolute atomic E-state index is 0.140. The monoisotopic (exact) mass is 282 g/mol. The van der Waals surface area contributed by atoms with Gasteiger partial charge in [0.2, 0.25) is 0 Å². The van der Waals surface area contributed by atoms with E-state index in [1.807, 2.05) is 11.8 Å². The van der Waals surface area contributed by atoms with Crippen LogP contribution in [0.15, 0.2) is 18.2 Å². The maximum absolute atomic E-state index is 11.8. The van der Waals surface area contributed by atoms with Crippen LogP contribution in [0.1, 0.15) is 23.2 Å². The molecule has 5 heteroatoms. The lowest BCUT2D eigenvalue weighted by molar-refractivity contribution is 0.0591. The molecule has 1 aliphatic heterocycles. The largest absolute Gasteiger partial charge is 0.493 e. The highest BCUT2D eigenvalue weighted by Crippen LogP contribution is 2.34. The summed E-state index contributed by atoms with van der Waals surface area (Å²) in [5, 5.41) is 0. The molecule has 4 nitrogen and oxygen atoms in total. The van der Waals surface area contributed by atoms with Crippen LogP contribution in [0.5, 0.6) is 11.5 Å². The molecule has 1 aromatic carbocycles. The first-order chi connectivity index (χ1) is 9.26. The topological polar surface area (TPSA) is 44.8 Å². The van der Waals surface area contributed by atoms with E-state index >= 15 is 0 Å². The molecule has 1 saturated heterocycles. The molecule has 0 N–H and O–H groups in total. The van der Waals surface area contributed by atoms with Gasteiger partial charge in [-0.15, -0.1) is 0 Å². The van der Waals surface area contributed by atoms with Gasteiger partial charge in [-0.3, -0.25) is 0 Å². The molecular weight excluding hydrogens is 264 g/mol. The molecule has 0 atom stereocenters. The van der Waals surface area contributed by atoms with Crippen molar-refractivity contribution in [3.63, 3.8) is 0 Å². The Labute approximate surface area is 117 Å². The van der Waals surface area contributed by atoms with Gasteiger partial charge in [-0.25, -0.2) is 4.79 Å². The van der Waals surface area contributed by atoms with Gasteiger partial charge in [-0.1, -0.05) is 6.07 Å². The molecule has 0 bridgehead atoms. The van der Waals surface area contributed by atoms with Crippen LogP contribution in [0.25, 0.3) is 0 Å². The van der Waals surface area contributed by atoms with Crippen LogP contribution in [-0.2, 0) is 4.74 Å². The Morgan fingerprint density at radius 3 is 2.63 bits per heavy atom. The van der Waals surface area contributed by atoms with Crippen LogP contribution in [-0.4, -0.2) is 37.8 Å². The maximum atomic E-state index is 11.8. The Balaban J connectivity index is 2.26. The summed E-state index contributed by atoms with van der Waals surface area (Å²) >= 11 is 1.93. The van der Waals surface area contributed by atoms with Crippen molar-refractivity contribution in [3.05, 3.63) is 23.8 Å². The van der Waals surface area contributed by atoms with Crippen LogP contribution in [0.2, 0.25) is 0 Å². The number of esters is 1. The molecular formula is C14H18O4S. The Bertz CT molecular complexity index is 441. The second kappa shape index (κ2) is 6.70. The van der Waals surface area contributed by atoms with Crippen molar-refractivity contribution in [3.8, 4) is 11.5 Å². The standard InChI is InChI=1S/C14H18O4S/c1-16-12-5-3-4-11(14(15)17-2)13(12)18-10-6-8-19-9-7-10/h3-5,10H,6-9H2,1-2H3. The fraction of sp³-hybridized carbons (Fsp3) is 0.500. The number of methoxy groups -OCH3 is 2. The van der Waals surface area contributed by atoms with Gasteiger partial charge in [-0.05, 0) is 36.5 Å². The number of hydrogen-bond donors (Lipinski definition) is 0. The van der Waals surface area contributed by atoms with E-state index in [1.54, 1.807) is 25.3 Å². The first-order valence-corrected chi connectivity index (χ1v) is 7.41. The molecule has 0 aromatic heterocycles. The fourth-order valence-corrected chi connectivity index (χ4v) is 3.09. The second-order valence-electron chi connectivity index (χ2n) is 4.26. The lowest BCUT2D eigenvalue weighted by atomic mass is 10.1. The van der Waals surface area contributed by atoms with E-state index in [2.05, 4.69) is 0 Å². The summed E-state index contributed by atoms with van der Waals surface area (Å²) in [5.74, 6) is 2.84. The number of rotatable bonds is 4. The van der Waals surface area contributed by atoms with E-state index in [9.17, 15) is 4.79 Å². The minimum atomic E-state index is -0.404. The third-order valence-electron chi connectivity index (χ3n) is 3.06. The van der Waals surface area contributed by atoms with Crippen LogP contribution in [0.3, 0.4) is 0 Å². The summed E-state index contributed by atoms with van der Waals surface area (Å²) in [5.41, 5.74) is 0.417. The predicted molar refractivity (Wildman–Crippen MR) is 75.3 cm³/mol. The van der Waals surface area contributed by atoms with Gasteiger partial charge in [0.25, 0.3) is 0 Å². The molecule has 0 aliphatic carbocycles. The highest BCUT2D eigenvalue weighted by Gasteiger charge is 2.22. The zero-order valence-electron chi connectivity index (χ0n) is 11.2. The van der Waals surface area contributed by atoms with E-state index in [1.165, 1.54) is 7.11 Å². The molecule has 0 amide bonds. The summed E-state index contributed by atoms with van der Waals surface area (Å²) < 4.78 is 16.1. The first kappa shape index (κ1) is 14.1. The van der Waals surface area contributed by atoms with E-state index in [0.29, 0.717) is 17.1 Å². The highest BCUT2D eigenvalue weighted by atomic mass is 32.2. The number of carbonyl (C=O) groups excluding carboxylic acids is 1. The number of para-hydroxylation sites is 1. The van der Waals surface area contributed by atoms with Crippen molar-refractivity contribution in [1.29, 1.82) is 0 Å². The van der Waals surface area contributed by atoms with Crippen molar-refractivity contribution in [2.45, 2.75) is 18.9 Å². The summed E-state index contributed by atoms with van der Waals surface area (Å²) in [4.78, 5) is 11.8. The molecule has 1 heterocycles. The van der Waals surface area contributed by atoms with Crippen molar-refractivity contribution in [1.82, 2.24) is 0 Å². The molecule has 0 unspecified atom stereocenters. The van der Waals surface area contributed by atoms with Gasteiger partial charge < -0.3 is 14.2 Å². The van der Waals surface area contributed by atoms with Gasteiger partial charge in [0.05, 0.1) is 14.2 Å². The molecule has 0 saturated carbocycles. The predicted octanol–water partition coefficient (Wildman–Crippen LogP) is 2.76. The van der Waals surface area contributed by atoms with Gasteiger partial charge in [0.15, 0.2) is 11.5 Å². The average Bonchev–Trinajstić information content (AvgIpc) is 2.47. The smallest absolute Gasteiger partial charge is 0.341 e. The van der Waals surface area contributed by atoms with Crippen molar-refractivity contribution < 1.29 is 19.0 Å². The molecule has 0 spiro atoms. The SMILES string of the molecule is COC(=O)c1cccc(OC)c1OC1CCSCC1. The van der Waals surface area contributed by atoms with Gasteiger partial charge >= 0.3 is 5.97 Å². The van der Waals surface area contributed by atoms with Crippen molar-refractivity contribution in [2.75, 3.05) is 25.7 Å². The van der Waals surface area contributed by atoms with Gasteiger partial charge in [-0.2, -0.15) is 11.8 Å². The molecule has 1 aliphatic rings. The summed E-state index contributed by atoms with van der Waals surface area (Å²) in [6, 6.07) is 5.25. The molecule has 1 fully saturated rings. The van der Waals surface area contributed by atoms with Crippen LogP contribution < -0.4 is 9.47 Å². The summed E-state index contributed by atoms with van der Waals surface area (Å²) in [6.07, 6.45) is 2.12. The molecule has 19 heavy (non-hydrogen) atoms. The number of hydrogen-bond acceptors (Lipinski definition) is 5. The summed E-state index contributed by atoms with van der Waals surface area (Å²) in [7, 11) is 2.93. The van der Waals surface area contributed by atoms with E-state index in [0.717, 1.165) is 24.3 Å². The van der Waals surface area contributed by atoms with Crippen LogP contribution in [0.4, 0.5) is 0 Å². The van der Waals surface area contributed by atoms with Crippen molar-refractivity contribution >= 4 is 17.7 Å². The zero-order valence-corrected chi connectivity index (χ0v) is 12.0. The zero-order chi connectivity index (χ0) is 13.7. The average molecular weight is 282 g/mol. The Morgan fingerprint density at radius 1 is 1.26 bits per heavy atom. The lowest BCUT2D eigenvalue weighted by Crippen LogP contribution is -2.23. The molecule has 1 aromatic rings. The maximum Gasteiger partial charge on any atom is 0.341 e. The molecule has 0 radical (unpaired) electrons. The third-order valence-corrected chi connectivity index (χ3v) is 4.11. The van der Waals surface area contributed by atoms with Gasteiger partial charge in [0.1, 0.15) is 11.7 Å². The Hall–Kier alpha value is -1.36. The lowest BCUT2D eigenvalue weighted by Gasteiger charge is -2.24. The first-order valence-electron chi connectivity index (χ1n) is 6.26. The molecule has 2 rings (SSSR count). The van der Waals surface area contributed by atoms with Gasteiger partial charge in [0, 0.05) is 0 Å².